The molecule has 7 aliphatic heterocycles. The van der Waals surface area contributed by atoms with E-state index in [0.717, 1.165) is 16.7 Å². The molecule has 5 aromatic carbocycles. The molecule has 1 spiro atoms. The number of rotatable bonds is 9. The maximum atomic E-state index is 15.3. The Hall–Kier alpha value is -7.50. The lowest BCUT2D eigenvalue weighted by Gasteiger charge is -2.62. The molecule has 2 fully saturated rings. The van der Waals surface area contributed by atoms with Crippen molar-refractivity contribution in [1.29, 1.82) is 5.26 Å². The van der Waals surface area contributed by atoms with Crippen LogP contribution in [-0.4, -0.2) is 99.1 Å². The van der Waals surface area contributed by atoms with Gasteiger partial charge in [0.1, 0.15) is 31.6 Å². The summed E-state index contributed by atoms with van der Waals surface area (Å²) >= 11 is 1.42. The number of hydrogen-bond acceptors (Lipinski definition) is 19. The normalized spacial score (nSPS) is 24.0. The maximum Gasteiger partial charge on any atom is 0.514 e. The second-order valence-electron chi connectivity index (χ2n) is 19.3. The number of likely N-dealkylation sites (N-methyl/N-ethyl adjacent to an activating group) is 1. The molecule has 12 rings (SSSR count). The van der Waals surface area contributed by atoms with E-state index in [1.54, 1.807) is 12.1 Å². The van der Waals surface area contributed by atoms with Gasteiger partial charge >= 0.3 is 24.2 Å². The quantitative estimate of drug-likeness (QED) is 0.0643. The molecule has 1 unspecified atom stereocenters. The summed E-state index contributed by atoms with van der Waals surface area (Å²) in [6.45, 7) is 4.92. The van der Waals surface area contributed by atoms with Crippen molar-refractivity contribution in [2.45, 2.75) is 87.8 Å². The standard InChI is InChI=1S/C56H54N4O14S/c1-29-19-35-20-37-38(23-57)60-39-26-67-53(62)56(36-22-40(65-5)41(21-34(36)17-18-58-56)73-54(63)68-24-32-13-9-7-10-14-32)27-75-52(44-43(39)50-49(70-28-71-50)30(2)48(44)72-31(3)61)46(60)45(59(37)4)42(35)51(47(29)66-6)74-55(64)69-25-33-15-11-8-12-16-33/h7-16,19,21-22,37-39,45-46,52,58H,17-18,20,24-28H2,1-6H3/t37-,38+,39-,45-,46?,52-,56-/m1/s1. The summed E-state index contributed by atoms with van der Waals surface area (Å²) in [6.07, 6.45) is -1.04. The molecule has 7 aliphatic rings. The van der Waals surface area contributed by atoms with Crippen LogP contribution >= 0.6 is 11.8 Å². The van der Waals surface area contributed by atoms with Gasteiger partial charge in [-0.2, -0.15) is 5.26 Å². The molecule has 7 atom stereocenters. The van der Waals surface area contributed by atoms with E-state index < -0.39 is 65.2 Å². The first-order valence-electron chi connectivity index (χ1n) is 24.6. The Balaban J connectivity index is 1.06. The molecule has 7 heterocycles. The Bertz CT molecular complexity index is 3170. The number of aryl methyl sites for hydroxylation is 1. The summed E-state index contributed by atoms with van der Waals surface area (Å²) in [7, 11) is 4.92. The minimum absolute atomic E-state index is 0.00575. The van der Waals surface area contributed by atoms with E-state index >= 15 is 4.79 Å². The second kappa shape index (κ2) is 20.0. The van der Waals surface area contributed by atoms with Gasteiger partial charge in [0, 0.05) is 53.6 Å². The number of carbonyl (C=O) groups excluding carboxylic acids is 4. The summed E-state index contributed by atoms with van der Waals surface area (Å²) in [5.41, 5.74) is 5.23. The molecule has 19 heteroatoms. The Kier molecular flexibility index (Phi) is 13.2. The van der Waals surface area contributed by atoms with Crippen LogP contribution in [0.15, 0.2) is 78.9 Å². The van der Waals surface area contributed by atoms with E-state index in [1.165, 1.54) is 32.9 Å². The van der Waals surface area contributed by atoms with Crippen LogP contribution in [0.3, 0.4) is 0 Å². The zero-order chi connectivity index (χ0) is 52.3. The Labute approximate surface area is 436 Å². The van der Waals surface area contributed by atoms with Crippen molar-refractivity contribution in [3.05, 3.63) is 134 Å². The van der Waals surface area contributed by atoms with Crippen molar-refractivity contribution in [1.82, 2.24) is 15.1 Å². The number of fused-ring (bicyclic) bond motifs is 9. The highest BCUT2D eigenvalue weighted by Crippen LogP contribution is 2.65. The van der Waals surface area contributed by atoms with Crippen LogP contribution in [0, 0.1) is 25.2 Å². The van der Waals surface area contributed by atoms with Crippen molar-refractivity contribution in [3.8, 4) is 46.3 Å². The molecule has 2 saturated heterocycles. The molecule has 388 valence electrons. The number of nitrogens with one attached hydrogen (secondary N) is 1. The highest BCUT2D eigenvalue weighted by molar-refractivity contribution is 7.99. The average molecular weight is 1040 g/mol. The monoisotopic (exact) mass is 1040 g/mol. The van der Waals surface area contributed by atoms with Gasteiger partial charge in [-0.15, -0.1) is 11.8 Å². The summed E-state index contributed by atoms with van der Waals surface area (Å²) in [6, 6.07) is 23.2. The van der Waals surface area contributed by atoms with Crippen molar-refractivity contribution in [3.63, 3.8) is 0 Å². The molecule has 18 nitrogen and oxygen atoms in total. The predicted molar refractivity (Wildman–Crippen MR) is 269 cm³/mol. The van der Waals surface area contributed by atoms with Crippen LogP contribution in [0.1, 0.15) is 79.9 Å². The molecular weight excluding hydrogens is 985 g/mol. The Morgan fingerprint density at radius 1 is 0.813 bits per heavy atom. The van der Waals surface area contributed by atoms with Gasteiger partial charge in [0.15, 0.2) is 40.0 Å². The topological polar surface area (TPSA) is 203 Å². The van der Waals surface area contributed by atoms with Crippen molar-refractivity contribution < 1.29 is 66.5 Å². The first kappa shape index (κ1) is 49.7. The Morgan fingerprint density at radius 3 is 2.17 bits per heavy atom. The summed E-state index contributed by atoms with van der Waals surface area (Å²) in [5, 5.41) is 14.3. The molecule has 1 N–H and O–H groups in total. The lowest BCUT2D eigenvalue weighted by Crippen LogP contribution is -2.69. The van der Waals surface area contributed by atoms with Crippen LogP contribution < -0.4 is 38.5 Å². The first-order valence-corrected chi connectivity index (χ1v) is 25.7. The van der Waals surface area contributed by atoms with Gasteiger partial charge in [-0.3, -0.25) is 19.9 Å². The third-order valence-electron chi connectivity index (χ3n) is 15.2. The van der Waals surface area contributed by atoms with E-state index in [4.69, 9.17) is 47.4 Å². The van der Waals surface area contributed by atoms with E-state index in [-0.39, 0.29) is 55.4 Å². The lowest BCUT2D eigenvalue weighted by molar-refractivity contribution is -0.157. The smallest absolute Gasteiger partial charge is 0.493 e. The van der Waals surface area contributed by atoms with E-state index in [9.17, 15) is 19.6 Å². The third kappa shape index (κ3) is 8.49. The summed E-state index contributed by atoms with van der Waals surface area (Å²) < 4.78 is 60.5. The Morgan fingerprint density at radius 2 is 1.51 bits per heavy atom. The second-order valence-corrected chi connectivity index (χ2v) is 20.4. The maximum absolute atomic E-state index is 15.3. The number of nitriles is 1. The molecule has 0 aromatic heterocycles. The van der Waals surface area contributed by atoms with Crippen LogP contribution in [0.2, 0.25) is 0 Å². The van der Waals surface area contributed by atoms with E-state index in [0.29, 0.717) is 75.6 Å². The van der Waals surface area contributed by atoms with Crippen molar-refractivity contribution in [2.75, 3.05) is 47.0 Å². The number of hydrogen-bond donors (Lipinski definition) is 1. The minimum atomic E-state index is -1.52. The van der Waals surface area contributed by atoms with Crippen LogP contribution in [-0.2, 0) is 55.4 Å². The highest BCUT2D eigenvalue weighted by atomic mass is 32.2. The number of methoxy groups -OCH3 is 2. The number of piperazine rings is 1. The molecule has 0 saturated carbocycles. The zero-order valence-electron chi connectivity index (χ0n) is 42.1. The molecule has 75 heavy (non-hydrogen) atoms. The number of carbonyl (C=O) groups is 4. The zero-order valence-corrected chi connectivity index (χ0v) is 42.9. The summed E-state index contributed by atoms with van der Waals surface area (Å²) in [5.74, 6) is 0.728. The molecular formula is C56H54N4O14S. The fraction of sp³-hybridized carbons (Fsp3) is 0.375. The fourth-order valence-corrected chi connectivity index (χ4v) is 13.7. The molecule has 0 aliphatic carbocycles. The first-order chi connectivity index (χ1) is 36.3. The van der Waals surface area contributed by atoms with Gasteiger partial charge in [-0.1, -0.05) is 66.7 Å². The fourth-order valence-electron chi connectivity index (χ4n) is 12.0. The number of ether oxygens (including phenoxy) is 10. The number of benzene rings is 5. The van der Waals surface area contributed by atoms with Gasteiger partial charge < -0.3 is 47.4 Å². The van der Waals surface area contributed by atoms with E-state index in [2.05, 4.69) is 21.2 Å². The van der Waals surface area contributed by atoms with Crippen LogP contribution in [0.4, 0.5) is 9.59 Å². The molecule has 0 radical (unpaired) electrons. The largest absolute Gasteiger partial charge is 0.514 e. The SMILES string of the molecule is COc1cc2c(cc1OC(=O)OCc1ccccc1)CCN[C@]21CS[C@@H]2c3c(OC(C)=O)c(C)c4c(c3[C@@H](COC1=O)N1C2[C@H]2c3c(cc(C)c(OC)c3OC(=O)OCc3ccccc3)C[C@H]([C@@H]1C#N)N2C)OCO4. The van der Waals surface area contributed by atoms with Crippen molar-refractivity contribution >= 4 is 36.0 Å². The average Bonchev–Trinajstić information content (AvgIpc) is 3.91. The van der Waals surface area contributed by atoms with Gasteiger partial charge in [0.25, 0.3) is 0 Å². The molecule has 0 amide bonds. The highest BCUT2D eigenvalue weighted by Gasteiger charge is 2.62. The summed E-state index contributed by atoms with van der Waals surface area (Å²) in [4.78, 5) is 60.0. The lowest BCUT2D eigenvalue weighted by atomic mass is 9.71. The van der Waals surface area contributed by atoms with Gasteiger partial charge in [-0.25, -0.2) is 14.4 Å². The minimum Gasteiger partial charge on any atom is -0.493 e. The molecule has 4 bridgehead atoms. The number of nitrogens with zero attached hydrogens (tertiary/aromatic N) is 3. The van der Waals surface area contributed by atoms with Gasteiger partial charge in [0.2, 0.25) is 6.79 Å². The molecule has 5 aromatic rings. The van der Waals surface area contributed by atoms with Crippen molar-refractivity contribution in [2.24, 2.45) is 0 Å². The van der Waals surface area contributed by atoms with E-state index in [1.807, 2.05) is 87.6 Å². The number of esters is 2. The number of thioether (sulfide) groups is 1. The predicted octanol–water partition coefficient (Wildman–Crippen LogP) is 8.01. The van der Waals surface area contributed by atoms with Crippen LogP contribution in [0.25, 0.3) is 0 Å². The van der Waals surface area contributed by atoms with Gasteiger partial charge in [0.05, 0.1) is 37.6 Å². The van der Waals surface area contributed by atoms with Gasteiger partial charge in [-0.05, 0) is 79.3 Å². The van der Waals surface area contributed by atoms with Crippen LogP contribution in [0.5, 0.6) is 40.2 Å². The third-order valence-corrected chi connectivity index (χ3v) is 16.7.